The molecule has 0 bridgehead atoms. The van der Waals surface area contributed by atoms with Gasteiger partial charge in [-0.2, -0.15) is 0 Å². The molecule has 0 fully saturated rings. The Kier molecular flexibility index (Phi) is 4.78. The molecule has 5 heteroatoms. The fraction of sp³-hybridized carbons (Fsp3) is 0. The van der Waals surface area contributed by atoms with Gasteiger partial charge in [0.25, 0.3) is 0 Å². The second-order valence-electron chi connectivity index (χ2n) is 3.97. The van der Waals surface area contributed by atoms with Gasteiger partial charge in [0.05, 0.1) is 0 Å². The Bertz CT molecular complexity index is 682. The van der Waals surface area contributed by atoms with Crippen LogP contribution in [0.1, 0.15) is 31.8 Å². The summed E-state index contributed by atoms with van der Waals surface area (Å²) >= 11 is 0.241. The van der Waals surface area contributed by atoms with Crippen LogP contribution in [-0.4, -0.2) is 16.1 Å². The zero-order valence-corrected chi connectivity index (χ0v) is 14.1. The Hall–Kier alpha value is -0.274. The van der Waals surface area contributed by atoms with Crippen LogP contribution in [0, 0.1) is 0 Å². The fourth-order valence-electron chi connectivity index (χ4n) is 2.18. The van der Waals surface area contributed by atoms with Crippen LogP contribution in [0.15, 0.2) is 47.4 Å². The zero-order chi connectivity index (χ0) is 12.7. The molecule has 0 atom stereocenters. The maximum absolute atomic E-state index is 12.3. The van der Waals surface area contributed by atoms with Crippen LogP contribution in [0.3, 0.4) is 0 Å². The third kappa shape index (κ3) is 2.40. The average Bonchev–Trinajstić information content (AvgIpc) is 2.44. The molecule has 2 aromatic rings. The number of benzene rings is 2. The van der Waals surface area contributed by atoms with Crippen molar-refractivity contribution in [2.24, 2.45) is 0 Å². The van der Waals surface area contributed by atoms with Crippen LogP contribution in [0.2, 0.25) is 0 Å². The summed E-state index contributed by atoms with van der Waals surface area (Å²) in [6, 6.07) is 11.5. The van der Waals surface area contributed by atoms with E-state index in [-0.39, 0.29) is 80.6 Å². The van der Waals surface area contributed by atoms with Crippen LogP contribution in [0.5, 0.6) is 0 Å². The van der Waals surface area contributed by atoms with Crippen molar-refractivity contribution in [3.05, 3.63) is 64.7 Å². The van der Waals surface area contributed by atoms with Crippen molar-refractivity contribution in [1.82, 2.24) is 0 Å². The number of carbonyl (C=O) groups excluding carboxylic acids is 2. The van der Waals surface area contributed by atoms with E-state index in [4.69, 9.17) is 0 Å². The summed E-state index contributed by atoms with van der Waals surface area (Å²) in [7, 11) is 0. The SMILES string of the molecule is O=C1c2ccccc2C(=O)c2c(S[O-])cccc21.[K+]. The molecule has 0 unspecified atom stereocenters. The van der Waals surface area contributed by atoms with E-state index in [9.17, 15) is 14.1 Å². The third-order valence-electron chi connectivity index (χ3n) is 3.00. The van der Waals surface area contributed by atoms with E-state index < -0.39 is 0 Å². The summed E-state index contributed by atoms with van der Waals surface area (Å²) in [6.45, 7) is 0. The van der Waals surface area contributed by atoms with Crippen molar-refractivity contribution < 1.29 is 65.5 Å². The topological polar surface area (TPSA) is 57.2 Å². The van der Waals surface area contributed by atoms with E-state index in [0.29, 0.717) is 21.6 Å². The number of fused-ring (bicyclic) bond motifs is 2. The van der Waals surface area contributed by atoms with Gasteiger partial charge in [0.2, 0.25) is 0 Å². The molecule has 0 heterocycles. The van der Waals surface area contributed by atoms with E-state index in [1.165, 1.54) is 0 Å². The van der Waals surface area contributed by atoms with Crippen LogP contribution < -0.4 is 51.4 Å². The molecule has 0 amide bonds. The van der Waals surface area contributed by atoms with Crippen molar-refractivity contribution in [3.63, 3.8) is 0 Å². The maximum Gasteiger partial charge on any atom is 1.00 e. The minimum Gasteiger partial charge on any atom is -0.795 e. The molecule has 0 aromatic heterocycles. The predicted octanol–water partition coefficient (Wildman–Crippen LogP) is -0.312. The first kappa shape index (κ1) is 15.1. The zero-order valence-electron chi connectivity index (χ0n) is 10.2. The van der Waals surface area contributed by atoms with Crippen molar-refractivity contribution in [2.75, 3.05) is 0 Å². The Morgan fingerprint density at radius 2 is 1.37 bits per heavy atom. The summed E-state index contributed by atoms with van der Waals surface area (Å²) in [6.07, 6.45) is 0. The minimum absolute atomic E-state index is 0. The molecule has 88 valence electrons. The molecule has 1 aliphatic rings. The summed E-state index contributed by atoms with van der Waals surface area (Å²) in [5, 5.41) is 0. The molecule has 0 radical (unpaired) electrons. The molecule has 3 nitrogen and oxygen atoms in total. The van der Waals surface area contributed by atoms with E-state index in [2.05, 4.69) is 0 Å². The Morgan fingerprint density at radius 1 is 0.789 bits per heavy atom. The molecule has 0 saturated carbocycles. The molecule has 0 saturated heterocycles. The second kappa shape index (κ2) is 6.01. The van der Waals surface area contributed by atoms with Gasteiger partial charge in [-0.25, -0.2) is 12.0 Å². The molecular formula is C14H7KO3S. The summed E-state index contributed by atoms with van der Waals surface area (Å²) < 4.78 is 11.0. The molecule has 0 N–H and O–H groups in total. The summed E-state index contributed by atoms with van der Waals surface area (Å²) in [5.74, 6) is -0.449. The summed E-state index contributed by atoms with van der Waals surface area (Å²) in [4.78, 5) is 24.9. The standard InChI is InChI=1S/C14H8O3S.K/c15-13-8-4-1-2-5-9(8)14(16)12-10(13)6-3-7-11(12)18-17;/h1-7,17H;/q;+1/p-1. The minimum atomic E-state index is -0.251. The number of carbonyl (C=O) groups is 2. The molecule has 0 aliphatic heterocycles. The Morgan fingerprint density at radius 3 is 2.00 bits per heavy atom. The Balaban J connectivity index is 0.00000133. The van der Waals surface area contributed by atoms with Crippen molar-refractivity contribution in [1.29, 1.82) is 0 Å². The van der Waals surface area contributed by atoms with Crippen LogP contribution >= 0.6 is 12.0 Å². The van der Waals surface area contributed by atoms with Gasteiger partial charge in [0.1, 0.15) is 0 Å². The second-order valence-corrected chi connectivity index (χ2v) is 4.57. The average molecular weight is 294 g/mol. The molecule has 1 aliphatic carbocycles. The van der Waals surface area contributed by atoms with Gasteiger partial charge in [-0.1, -0.05) is 36.4 Å². The van der Waals surface area contributed by atoms with Crippen molar-refractivity contribution >= 4 is 23.6 Å². The van der Waals surface area contributed by atoms with Gasteiger partial charge in [-0.3, -0.25) is 9.59 Å². The third-order valence-corrected chi connectivity index (χ3v) is 3.52. The quantitative estimate of drug-likeness (QED) is 0.456. The Labute approximate surface area is 157 Å². The number of hydrogen-bond donors (Lipinski definition) is 0. The van der Waals surface area contributed by atoms with Gasteiger partial charge >= 0.3 is 51.4 Å². The molecule has 2 aromatic carbocycles. The van der Waals surface area contributed by atoms with E-state index in [1.807, 2.05) is 0 Å². The van der Waals surface area contributed by atoms with E-state index in [1.54, 1.807) is 42.5 Å². The number of ketones is 2. The first-order valence-corrected chi connectivity index (χ1v) is 6.09. The van der Waals surface area contributed by atoms with Gasteiger partial charge < -0.3 is 4.55 Å². The van der Waals surface area contributed by atoms with Gasteiger partial charge in [0, 0.05) is 27.1 Å². The molecular weight excluding hydrogens is 287 g/mol. The van der Waals surface area contributed by atoms with Gasteiger partial charge in [-0.15, -0.1) is 0 Å². The first-order valence-electron chi connectivity index (χ1n) is 5.35. The first-order chi connectivity index (χ1) is 8.74. The van der Waals surface area contributed by atoms with Crippen LogP contribution in [0.4, 0.5) is 0 Å². The van der Waals surface area contributed by atoms with Gasteiger partial charge in [-0.05, 0) is 6.07 Å². The van der Waals surface area contributed by atoms with Gasteiger partial charge in [0.15, 0.2) is 11.6 Å². The van der Waals surface area contributed by atoms with Crippen LogP contribution in [0.25, 0.3) is 0 Å². The number of rotatable bonds is 1. The van der Waals surface area contributed by atoms with Crippen molar-refractivity contribution in [2.45, 2.75) is 4.90 Å². The normalized spacial score (nSPS) is 12.5. The molecule has 3 rings (SSSR count). The van der Waals surface area contributed by atoms with E-state index >= 15 is 0 Å². The van der Waals surface area contributed by atoms with Crippen LogP contribution in [-0.2, 0) is 0 Å². The number of hydrogen-bond acceptors (Lipinski definition) is 4. The predicted molar refractivity (Wildman–Crippen MR) is 66.4 cm³/mol. The fourth-order valence-corrected chi connectivity index (χ4v) is 2.60. The maximum atomic E-state index is 12.3. The van der Waals surface area contributed by atoms with Crippen molar-refractivity contribution in [3.8, 4) is 0 Å². The largest absolute Gasteiger partial charge is 1.00 e. The monoisotopic (exact) mass is 294 g/mol. The van der Waals surface area contributed by atoms with E-state index in [0.717, 1.165) is 0 Å². The summed E-state index contributed by atoms with van der Waals surface area (Å²) in [5.41, 5.74) is 1.33. The molecule has 19 heavy (non-hydrogen) atoms. The molecule has 0 spiro atoms. The smallest absolute Gasteiger partial charge is 0.795 e.